The normalized spacial score (nSPS) is 24.1. The fraction of sp³-hybridized carbons (Fsp3) is 0.400. The molecule has 3 rings (SSSR count). The van der Waals surface area contributed by atoms with Gasteiger partial charge in [-0.2, -0.15) is 4.99 Å². The lowest BCUT2D eigenvalue weighted by Crippen LogP contribution is -2.51. The van der Waals surface area contributed by atoms with Crippen molar-refractivity contribution in [2.24, 2.45) is 16.6 Å². The summed E-state index contributed by atoms with van der Waals surface area (Å²) in [5, 5.41) is 2.71. The molecular formula is C15H17N3O2. The summed E-state index contributed by atoms with van der Waals surface area (Å²) in [6.45, 7) is 1.88. The second-order valence-corrected chi connectivity index (χ2v) is 5.48. The summed E-state index contributed by atoms with van der Waals surface area (Å²) in [5.74, 6) is -0.935. The molecule has 0 radical (unpaired) electrons. The van der Waals surface area contributed by atoms with Crippen molar-refractivity contribution in [2.75, 3.05) is 0 Å². The zero-order valence-electron chi connectivity index (χ0n) is 11.3. The Bertz CT molecular complexity index is 605. The molecule has 0 spiro atoms. The first kappa shape index (κ1) is 13.0. The van der Waals surface area contributed by atoms with Crippen LogP contribution in [0.15, 0.2) is 29.3 Å². The number of nitrogens with one attached hydrogen (secondary N) is 1. The minimum Gasteiger partial charge on any atom is -0.321 e. The Kier molecular flexibility index (Phi) is 3.14. The van der Waals surface area contributed by atoms with Crippen molar-refractivity contribution >= 4 is 17.6 Å². The van der Waals surface area contributed by atoms with Gasteiger partial charge in [0.25, 0.3) is 5.91 Å². The van der Waals surface area contributed by atoms with Crippen LogP contribution in [0.5, 0.6) is 0 Å². The maximum atomic E-state index is 12.2. The van der Waals surface area contributed by atoms with Gasteiger partial charge in [-0.25, -0.2) is 0 Å². The standard InChI is InChI=1S/C15H17N3O2/c1-8-4-2-3-5-10(8)11-14(19)17-13(18-15(11)20)12(16)9-6-7-9/h2-5,9,11-12H,6-7,16H2,1H3,(H,17,18,19,20). The number of hydrogen-bond donors (Lipinski definition) is 2. The summed E-state index contributed by atoms with van der Waals surface area (Å²) in [6, 6.07) is 7.03. The fourth-order valence-corrected chi connectivity index (χ4v) is 2.54. The maximum Gasteiger partial charge on any atom is 0.264 e. The molecule has 2 amide bonds. The highest BCUT2D eigenvalue weighted by atomic mass is 16.2. The van der Waals surface area contributed by atoms with Gasteiger partial charge in [-0.1, -0.05) is 24.3 Å². The van der Waals surface area contributed by atoms with Crippen LogP contribution < -0.4 is 11.1 Å². The van der Waals surface area contributed by atoms with Crippen molar-refractivity contribution in [3.8, 4) is 0 Å². The number of aryl methyl sites for hydroxylation is 1. The molecule has 5 heteroatoms. The number of amidine groups is 1. The van der Waals surface area contributed by atoms with Crippen LogP contribution in [-0.2, 0) is 9.59 Å². The number of aliphatic imine (C=N–C) groups is 1. The lowest BCUT2D eigenvalue weighted by molar-refractivity contribution is -0.129. The molecule has 1 heterocycles. The smallest absolute Gasteiger partial charge is 0.264 e. The Morgan fingerprint density at radius 1 is 1.30 bits per heavy atom. The average molecular weight is 271 g/mol. The van der Waals surface area contributed by atoms with Crippen LogP contribution in [-0.4, -0.2) is 23.7 Å². The van der Waals surface area contributed by atoms with Crippen molar-refractivity contribution in [1.82, 2.24) is 5.32 Å². The maximum absolute atomic E-state index is 12.2. The van der Waals surface area contributed by atoms with Gasteiger partial charge in [-0.05, 0) is 36.8 Å². The van der Waals surface area contributed by atoms with E-state index in [2.05, 4.69) is 10.3 Å². The van der Waals surface area contributed by atoms with Gasteiger partial charge in [0.05, 0.1) is 6.04 Å². The highest BCUT2D eigenvalue weighted by Gasteiger charge is 2.39. The van der Waals surface area contributed by atoms with E-state index in [1.165, 1.54) is 0 Å². The zero-order chi connectivity index (χ0) is 14.3. The van der Waals surface area contributed by atoms with Gasteiger partial charge in [-0.15, -0.1) is 0 Å². The monoisotopic (exact) mass is 271 g/mol. The first-order valence-corrected chi connectivity index (χ1v) is 6.82. The van der Waals surface area contributed by atoms with Crippen LogP contribution >= 0.6 is 0 Å². The van der Waals surface area contributed by atoms with Crippen molar-refractivity contribution in [2.45, 2.75) is 31.7 Å². The first-order valence-electron chi connectivity index (χ1n) is 6.82. The van der Waals surface area contributed by atoms with E-state index in [9.17, 15) is 9.59 Å². The molecule has 1 aliphatic carbocycles. The number of rotatable bonds is 3. The molecular weight excluding hydrogens is 254 g/mol. The Morgan fingerprint density at radius 2 is 2.00 bits per heavy atom. The number of nitrogens with two attached hydrogens (primary N) is 1. The summed E-state index contributed by atoms with van der Waals surface area (Å²) in [5.41, 5.74) is 7.61. The van der Waals surface area contributed by atoms with Gasteiger partial charge >= 0.3 is 0 Å². The summed E-state index contributed by atoms with van der Waals surface area (Å²) >= 11 is 0. The Balaban J connectivity index is 1.90. The summed E-state index contributed by atoms with van der Waals surface area (Å²) < 4.78 is 0. The minimum absolute atomic E-state index is 0.326. The van der Waals surface area contributed by atoms with Gasteiger partial charge in [0, 0.05) is 0 Å². The Labute approximate surface area is 117 Å². The number of benzene rings is 1. The van der Waals surface area contributed by atoms with Crippen LogP contribution in [0.2, 0.25) is 0 Å². The van der Waals surface area contributed by atoms with Crippen molar-refractivity contribution in [1.29, 1.82) is 0 Å². The van der Waals surface area contributed by atoms with E-state index < -0.39 is 11.8 Å². The van der Waals surface area contributed by atoms with E-state index in [0.717, 1.165) is 18.4 Å². The molecule has 1 aromatic carbocycles. The zero-order valence-corrected chi connectivity index (χ0v) is 11.3. The molecule has 3 N–H and O–H groups in total. The van der Waals surface area contributed by atoms with E-state index >= 15 is 0 Å². The first-order chi connectivity index (χ1) is 9.58. The number of amides is 2. The fourth-order valence-electron chi connectivity index (χ4n) is 2.54. The van der Waals surface area contributed by atoms with E-state index in [0.29, 0.717) is 17.3 Å². The van der Waals surface area contributed by atoms with E-state index in [-0.39, 0.29) is 11.9 Å². The molecule has 104 valence electrons. The van der Waals surface area contributed by atoms with Crippen LogP contribution in [0.3, 0.4) is 0 Å². The quantitative estimate of drug-likeness (QED) is 0.800. The number of carbonyl (C=O) groups is 2. The molecule has 5 nitrogen and oxygen atoms in total. The van der Waals surface area contributed by atoms with Gasteiger partial charge in [0.2, 0.25) is 5.91 Å². The molecule has 0 bridgehead atoms. The van der Waals surface area contributed by atoms with Gasteiger partial charge < -0.3 is 11.1 Å². The lowest BCUT2D eigenvalue weighted by atomic mass is 9.92. The molecule has 20 heavy (non-hydrogen) atoms. The topological polar surface area (TPSA) is 84.6 Å². The molecule has 0 aromatic heterocycles. The summed E-state index contributed by atoms with van der Waals surface area (Å²) in [7, 11) is 0. The summed E-state index contributed by atoms with van der Waals surface area (Å²) in [4.78, 5) is 28.5. The van der Waals surface area contributed by atoms with E-state index in [1.54, 1.807) is 6.07 Å². The molecule has 2 unspecified atom stereocenters. The number of hydrogen-bond acceptors (Lipinski definition) is 3. The largest absolute Gasteiger partial charge is 0.321 e. The Morgan fingerprint density at radius 3 is 2.60 bits per heavy atom. The third-order valence-electron chi connectivity index (χ3n) is 3.94. The molecule has 1 fully saturated rings. The second-order valence-electron chi connectivity index (χ2n) is 5.48. The van der Waals surface area contributed by atoms with Crippen molar-refractivity contribution in [3.05, 3.63) is 35.4 Å². The third-order valence-corrected chi connectivity index (χ3v) is 3.94. The van der Waals surface area contributed by atoms with Crippen LogP contribution in [0.25, 0.3) is 0 Å². The van der Waals surface area contributed by atoms with E-state index in [1.807, 2.05) is 25.1 Å². The molecule has 1 aromatic rings. The van der Waals surface area contributed by atoms with Crippen LogP contribution in [0, 0.1) is 12.8 Å². The van der Waals surface area contributed by atoms with Crippen LogP contribution in [0.1, 0.15) is 29.9 Å². The van der Waals surface area contributed by atoms with Crippen molar-refractivity contribution < 1.29 is 9.59 Å². The predicted octanol–water partition coefficient (Wildman–Crippen LogP) is 0.871. The third kappa shape index (κ3) is 2.25. The molecule has 1 aliphatic heterocycles. The summed E-state index contributed by atoms with van der Waals surface area (Å²) in [6.07, 6.45) is 2.07. The van der Waals surface area contributed by atoms with Gasteiger partial charge in [0.1, 0.15) is 11.8 Å². The number of nitrogens with zero attached hydrogens (tertiary/aromatic N) is 1. The molecule has 2 aliphatic rings. The highest BCUT2D eigenvalue weighted by Crippen LogP contribution is 2.33. The highest BCUT2D eigenvalue weighted by molar-refractivity contribution is 6.20. The Hall–Kier alpha value is -2.01. The lowest BCUT2D eigenvalue weighted by Gasteiger charge is -2.24. The second kappa shape index (κ2) is 4.83. The molecule has 1 saturated carbocycles. The molecule has 0 saturated heterocycles. The predicted molar refractivity (Wildman–Crippen MR) is 75.2 cm³/mol. The van der Waals surface area contributed by atoms with Crippen molar-refractivity contribution in [3.63, 3.8) is 0 Å². The van der Waals surface area contributed by atoms with E-state index in [4.69, 9.17) is 5.73 Å². The number of carbonyl (C=O) groups excluding carboxylic acids is 2. The SMILES string of the molecule is Cc1ccccc1C1C(=O)N=C(C(N)C2CC2)NC1=O. The average Bonchev–Trinajstić information content (AvgIpc) is 3.23. The van der Waals surface area contributed by atoms with Gasteiger partial charge in [0.15, 0.2) is 0 Å². The molecule has 2 atom stereocenters. The van der Waals surface area contributed by atoms with Gasteiger partial charge in [-0.3, -0.25) is 9.59 Å². The minimum atomic E-state index is -0.855. The van der Waals surface area contributed by atoms with Crippen LogP contribution in [0.4, 0.5) is 0 Å².